The number of aliphatic hydroxyl groups is 3. The summed E-state index contributed by atoms with van der Waals surface area (Å²) in [6.45, 7) is 15.0. The molecular formula is C35H52O9. The van der Waals surface area contributed by atoms with Gasteiger partial charge in [-0.25, -0.2) is 0 Å². The Morgan fingerprint density at radius 1 is 0.932 bits per heavy atom. The van der Waals surface area contributed by atoms with Crippen molar-refractivity contribution < 1.29 is 43.9 Å². The Morgan fingerprint density at radius 2 is 1.64 bits per heavy atom. The number of cyclic esters (lactones) is 1. The normalized spacial score (nSPS) is 40.0. The van der Waals surface area contributed by atoms with Gasteiger partial charge in [-0.1, -0.05) is 56.7 Å². The van der Waals surface area contributed by atoms with Crippen LogP contribution in [-0.4, -0.2) is 81.7 Å². The van der Waals surface area contributed by atoms with Crippen LogP contribution in [0.5, 0.6) is 0 Å². The molecule has 0 saturated carbocycles. The van der Waals surface area contributed by atoms with Crippen molar-refractivity contribution in [1.82, 2.24) is 0 Å². The fourth-order valence-corrected chi connectivity index (χ4v) is 6.10. The number of carbonyl (C=O) groups is 3. The summed E-state index contributed by atoms with van der Waals surface area (Å²) in [5.41, 5.74) is 2.01. The number of hydrogen-bond acceptors (Lipinski definition) is 9. The van der Waals surface area contributed by atoms with E-state index in [-0.39, 0.29) is 54.8 Å². The largest absolute Gasteiger partial charge is 0.455 e. The number of esters is 1. The molecule has 0 aromatic carbocycles. The molecule has 9 nitrogen and oxygen atoms in total. The molecule has 44 heavy (non-hydrogen) atoms. The molecule has 0 aromatic heterocycles. The van der Waals surface area contributed by atoms with E-state index in [9.17, 15) is 29.7 Å². The number of hydrogen-bond donors (Lipinski definition) is 3. The highest BCUT2D eigenvalue weighted by atomic mass is 16.6. The molecule has 0 aliphatic carbocycles. The molecule has 246 valence electrons. The maximum atomic E-state index is 13.1. The lowest BCUT2D eigenvalue weighted by molar-refractivity contribution is -0.158. The van der Waals surface area contributed by atoms with Gasteiger partial charge in [0.2, 0.25) is 0 Å². The van der Waals surface area contributed by atoms with Crippen molar-refractivity contribution in [2.75, 3.05) is 0 Å². The predicted octanol–water partition coefficient (Wildman–Crippen LogP) is 4.33. The molecule has 0 amide bonds. The van der Waals surface area contributed by atoms with Gasteiger partial charge in [0.05, 0.1) is 36.9 Å². The maximum Gasteiger partial charge on any atom is 0.309 e. The van der Waals surface area contributed by atoms with E-state index in [0.29, 0.717) is 24.8 Å². The van der Waals surface area contributed by atoms with Gasteiger partial charge in [-0.3, -0.25) is 14.4 Å². The van der Waals surface area contributed by atoms with E-state index in [2.05, 4.69) is 6.58 Å². The number of allylic oxidation sites excluding steroid dienone is 3. The average molecular weight is 617 g/mol. The van der Waals surface area contributed by atoms with Gasteiger partial charge in [-0.2, -0.15) is 0 Å². The van der Waals surface area contributed by atoms with Gasteiger partial charge in [0, 0.05) is 31.1 Å². The van der Waals surface area contributed by atoms with Gasteiger partial charge in [0.1, 0.15) is 29.9 Å². The minimum Gasteiger partial charge on any atom is -0.455 e. The van der Waals surface area contributed by atoms with Gasteiger partial charge < -0.3 is 29.5 Å². The zero-order chi connectivity index (χ0) is 32.7. The molecule has 0 unspecified atom stereocenters. The van der Waals surface area contributed by atoms with Crippen molar-refractivity contribution in [3.63, 3.8) is 0 Å². The van der Waals surface area contributed by atoms with Crippen molar-refractivity contribution in [2.24, 2.45) is 17.8 Å². The second-order valence-electron chi connectivity index (χ2n) is 13.4. The molecule has 2 fully saturated rings. The fraction of sp³-hybridized carbons (Fsp3) is 0.686. The highest BCUT2D eigenvalue weighted by Crippen LogP contribution is 2.34. The molecule has 3 heterocycles. The van der Waals surface area contributed by atoms with Crippen LogP contribution in [0.1, 0.15) is 86.5 Å². The molecule has 3 N–H and O–H groups in total. The Bertz CT molecular complexity index is 1130. The minimum absolute atomic E-state index is 0.0244. The molecule has 3 aliphatic rings. The molecular weight excluding hydrogens is 564 g/mol. The third-order valence-corrected chi connectivity index (χ3v) is 9.20. The summed E-state index contributed by atoms with van der Waals surface area (Å²) in [6.07, 6.45) is 2.65. The van der Waals surface area contributed by atoms with E-state index in [4.69, 9.17) is 14.2 Å². The molecule has 9 heteroatoms. The molecule has 2 saturated heterocycles. The fourth-order valence-electron chi connectivity index (χ4n) is 6.10. The lowest BCUT2D eigenvalue weighted by Crippen LogP contribution is -2.38. The Labute approximate surface area is 262 Å². The number of ether oxygens (including phenoxy) is 3. The highest BCUT2D eigenvalue weighted by molar-refractivity contribution is 5.88. The molecule has 3 aliphatic heterocycles. The molecule has 3 rings (SSSR count). The first kappa shape index (κ1) is 36.0. The summed E-state index contributed by atoms with van der Waals surface area (Å²) in [6, 6.07) is 0. The number of rotatable bonds is 2. The van der Waals surface area contributed by atoms with E-state index in [1.807, 2.05) is 32.9 Å². The predicted molar refractivity (Wildman–Crippen MR) is 167 cm³/mol. The zero-order valence-corrected chi connectivity index (χ0v) is 27.1. The minimum atomic E-state index is -1.33. The molecule has 4 bridgehead atoms. The van der Waals surface area contributed by atoms with Crippen molar-refractivity contribution in [1.29, 1.82) is 0 Å². The van der Waals surface area contributed by atoms with Crippen LogP contribution in [-0.2, 0) is 28.6 Å². The second-order valence-corrected chi connectivity index (χ2v) is 13.4. The standard InChI is InChI=1S/C35H52O9/c1-19(2)9-8-10-29-30-12-11-26(42-30)16-25(36)14-21(4)27(37)17-28(38)24(7)20(3)13-23(6)34(40)35(41)32-15-22(5)31(43-32)18-33(39)44-29/h8-10,13,21-22,24,26,28-32,34-35,38,40-41H,6,11-12,14-18H2,1-5,7H3/b10-8+,20-13-/t21-,22+,24+,26+,28-,29+,30+,31-,32+,34+,35-/m0/s1. The second kappa shape index (κ2) is 16.2. The number of ketones is 2. The smallest absolute Gasteiger partial charge is 0.309 e. The number of fused-ring (bicyclic) bond motifs is 4. The van der Waals surface area contributed by atoms with Gasteiger partial charge in [-0.05, 0) is 57.6 Å². The SMILES string of the molecule is C=C1/C=C(/C)[C@@H](C)[C@@H](O)CC(=O)[C@@H](C)CC(=O)C[C@H]2CC[C@@H](O2)[C@@H](/C=C/C=C(C)C)OC(=O)C[C@@H]2O[C@H](C[C@H]2C)[C@H](O)[C@@H]1O. The summed E-state index contributed by atoms with van der Waals surface area (Å²) < 4.78 is 18.2. The molecule has 0 radical (unpaired) electrons. The number of Topliss-reactive ketones (excluding diaryl/α,β-unsaturated/α-hetero) is 2. The summed E-state index contributed by atoms with van der Waals surface area (Å²) in [4.78, 5) is 39.0. The lowest BCUT2D eigenvalue weighted by atomic mass is 9.87. The van der Waals surface area contributed by atoms with Gasteiger partial charge in [0.25, 0.3) is 0 Å². The molecule has 0 spiro atoms. The van der Waals surface area contributed by atoms with Crippen LogP contribution in [0.25, 0.3) is 0 Å². The van der Waals surface area contributed by atoms with Crippen LogP contribution in [0, 0.1) is 17.8 Å². The average Bonchev–Trinajstić information content (AvgIpc) is 3.56. The monoisotopic (exact) mass is 616 g/mol. The van der Waals surface area contributed by atoms with Crippen LogP contribution in [0.2, 0.25) is 0 Å². The third kappa shape index (κ3) is 10.0. The third-order valence-electron chi connectivity index (χ3n) is 9.20. The van der Waals surface area contributed by atoms with Crippen molar-refractivity contribution in [3.8, 4) is 0 Å². The zero-order valence-electron chi connectivity index (χ0n) is 27.1. The Kier molecular flexibility index (Phi) is 13.3. The highest BCUT2D eigenvalue weighted by Gasteiger charge is 2.41. The quantitative estimate of drug-likeness (QED) is 0.306. The summed E-state index contributed by atoms with van der Waals surface area (Å²) in [5, 5.41) is 32.7. The van der Waals surface area contributed by atoms with E-state index < -0.39 is 60.5 Å². The first-order valence-electron chi connectivity index (χ1n) is 15.9. The maximum absolute atomic E-state index is 13.1. The molecule has 11 atom stereocenters. The summed E-state index contributed by atoms with van der Waals surface area (Å²) in [7, 11) is 0. The van der Waals surface area contributed by atoms with Crippen LogP contribution < -0.4 is 0 Å². The van der Waals surface area contributed by atoms with Crippen LogP contribution in [0.15, 0.2) is 47.6 Å². The number of carbonyl (C=O) groups excluding carboxylic acids is 3. The van der Waals surface area contributed by atoms with E-state index in [1.165, 1.54) is 0 Å². The van der Waals surface area contributed by atoms with Crippen LogP contribution in [0.3, 0.4) is 0 Å². The van der Waals surface area contributed by atoms with E-state index >= 15 is 0 Å². The Balaban J connectivity index is 1.85. The van der Waals surface area contributed by atoms with Gasteiger partial charge in [0.15, 0.2) is 0 Å². The lowest BCUT2D eigenvalue weighted by Gasteiger charge is -2.26. The topological polar surface area (TPSA) is 140 Å². The van der Waals surface area contributed by atoms with Crippen molar-refractivity contribution in [2.45, 2.75) is 135 Å². The van der Waals surface area contributed by atoms with Crippen LogP contribution >= 0.6 is 0 Å². The first-order valence-corrected chi connectivity index (χ1v) is 15.9. The molecule has 0 aromatic rings. The Hall–Kier alpha value is -2.43. The summed E-state index contributed by atoms with van der Waals surface area (Å²) >= 11 is 0. The van der Waals surface area contributed by atoms with Crippen molar-refractivity contribution in [3.05, 3.63) is 47.6 Å². The van der Waals surface area contributed by atoms with Crippen LogP contribution in [0.4, 0.5) is 0 Å². The van der Waals surface area contributed by atoms with E-state index in [1.54, 1.807) is 32.9 Å². The summed E-state index contributed by atoms with van der Waals surface area (Å²) in [5.74, 6) is -1.81. The van der Waals surface area contributed by atoms with Crippen molar-refractivity contribution >= 4 is 17.5 Å². The van der Waals surface area contributed by atoms with E-state index in [0.717, 1.165) is 5.57 Å². The Morgan fingerprint density at radius 3 is 2.32 bits per heavy atom. The first-order chi connectivity index (χ1) is 20.7. The van der Waals surface area contributed by atoms with Gasteiger partial charge >= 0.3 is 5.97 Å². The number of aliphatic hydroxyl groups excluding tert-OH is 3. The van der Waals surface area contributed by atoms with Gasteiger partial charge in [-0.15, -0.1) is 0 Å².